The first-order valence-electron chi connectivity index (χ1n) is 5.12. The molecule has 3 aromatic rings. The Hall–Kier alpha value is -2.15. The minimum Gasteiger partial charge on any atom is -0.263 e. The van der Waals surface area contributed by atoms with Crippen LogP contribution >= 0.6 is 15.9 Å². The lowest BCUT2D eigenvalue weighted by molar-refractivity contribution is 1.08. The summed E-state index contributed by atoms with van der Waals surface area (Å²) in [4.78, 5) is 16.6. The molecule has 0 fully saturated rings. The number of aromatic nitrogens is 6. The molecule has 0 aliphatic heterocycles. The first kappa shape index (κ1) is 11.0. The Morgan fingerprint density at radius 1 is 1.06 bits per heavy atom. The van der Waals surface area contributed by atoms with Crippen molar-refractivity contribution in [3.63, 3.8) is 0 Å². The summed E-state index contributed by atoms with van der Waals surface area (Å²) in [6.07, 6.45) is 8.26. The first-order valence-corrected chi connectivity index (χ1v) is 5.92. The molecule has 0 saturated carbocycles. The maximum absolute atomic E-state index is 4.36. The molecule has 3 aromatic heterocycles. The molecule has 3 heterocycles. The lowest BCUT2D eigenvalue weighted by atomic mass is 10.3. The largest absolute Gasteiger partial charge is 0.263 e. The van der Waals surface area contributed by atoms with Crippen LogP contribution in [0.4, 0.5) is 0 Å². The van der Waals surface area contributed by atoms with E-state index < -0.39 is 0 Å². The first-order chi connectivity index (χ1) is 8.83. The third kappa shape index (κ3) is 2.12. The highest BCUT2D eigenvalue weighted by atomic mass is 79.9. The number of halogens is 1. The summed E-state index contributed by atoms with van der Waals surface area (Å²) in [6.45, 7) is 0. The molecular weight excluding hydrogens is 296 g/mol. The van der Waals surface area contributed by atoms with Crippen molar-refractivity contribution in [2.24, 2.45) is 0 Å². The number of nitrogens with one attached hydrogen (secondary N) is 1. The van der Waals surface area contributed by atoms with Crippen LogP contribution in [-0.4, -0.2) is 30.1 Å². The van der Waals surface area contributed by atoms with Crippen LogP contribution in [0, 0.1) is 0 Å². The molecule has 88 valence electrons. The third-order valence-electron chi connectivity index (χ3n) is 2.25. The monoisotopic (exact) mass is 302 g/mol. The van der Waals surface area contributed by atoms with Crippen LogP contribution in [0.3, 0.4) is 0 Å². The predicted octanol–water partition coefficient (Wildman–Crippen LogP) is 2.09. The Bertz CT molecular complexity index is 666. The molecule has 7 heteroatoms. The van der Waals surface area contributed by atoms with Crippen molar-refractivity contribution < 1.29 is 0 Å². The van der Waals surface area contributed by atoms with Gasteiger partial charge in [0.2, 0.25) is 0 Å². The van der Waals surface area contributed by atoms with Crippen LogP contribution in [-0.2, 0) is 0 Å². The molecule has 0 saturated heterocycles. The fourth-order valence-electron chi connectivity index (χ4n) is 1.46. The van der Waals surface area contributed by atoms with Gasteiger partial charge in [0.25, 0.3) is 0 Å². The Labute approximate surface area is 111 Å². The standard InChI is InChI=1S/C11H7BrN6/c12-8-3-7(4-14-5-8)10-16-11(18-17-10)9-6-13-1-2-15-9/h1-6H,(H,16,17,18). The topological polar surface area (TPSA) is 80.2 Å². The summed E-state index contributed by atoms with van der Waals surface area (Å²) >= 11 is 3.36. The van der Waals surface area contributed by atoms with E-state index in [2.05, 4.69) is 46.1 Å². The summed E-state index contributed by atoms with van der Waals surface area (Å²) in [5, 5.41) is 6.97. The van der Waals surface area contributed by atoms with Gasteiger partial charge in [-0.25, -0.2) is 9.97 Å². The van der Waals surface area contributed by atoms with Crippen molar-refractivity contribution in [2.45, 2.75) is 0 Å². The van der Waals surface area contributed by atoms with Crippen molar-refractivity contribution in [1.82, 2.24) is 30.1 Å². The second kappa shape index (κ2) is 4.61. The van der Waals surface area contributed by atoms with Gasteiger partial charge in [0.1, 0.15) is 5.69 Å². The molecule has 0 radical (unpaired) electrons. The molecule has 0 bridgehead atoms. The molecule has 0 aliphatic carbocycles. The SMILES string of the molecule is Brc1cncc(-c2n[nH]c(-c3cnccn3)n2)c1. The maximum Gasteiger partial charge on any atom is 0.183 e. The summed E-state index contributed by atoms with van der Waals surface area (Å²) < 4.78 is 0.880. The van der Waals surface area contributed by atoms with E-state index in [0.717, 1.165) is 10.0 Å². The Morgan fingerprint density at radius 2 is 2.00 bits per heavy atom. The Kier molecular flexibility index (Phi) is 2.81. The molecule has 0 spiro atoms. The maximum atomic E-state index is 4.36. The summed E-state index contributed by atoms with van der Waals surface area (Å²) in [5.41, 5.74) is 1.48. The molecule has 1 N–H and O–H groups in total. The number of aromatic amines is 1. The van der Waals surface area contributed by atoms with E-state index in [9.17, 15) is 0 Å². The Morgan fingerprint density at radius 3 is 2.78 bits per heavy atom. The molecule has 0 aromatic carbocycles. The van der Waals surface area contributed by atoms with Crippen LogP contribution in [0.5, 0.6) is 0 Å². The fourth-order valence-corrected chi connectivity index (χ4v) is 1.83. The van der Waals surface area contributed by atoms with Crippen LogP contribution in [0.25, 0.3) is 22.9 Å². The summed E-state index contributed by atoms with van der Waals surface area (Å²) in [5.74, 6) is 1.16. The number of nitrogens with zero attached hydrogens (tertiary/aromatic N) is 5. The highest BCUT2D eigenvalue weighted by molar-refractivity contribution is 9.10. The normalized spacial score (nSPS) is 10.5. The highest BCUT2D eigenvalue weighted by Gasteiger charge is 2.09. The lowest BCUT2D eigenvalue weighted by Gasteiger charge is -1.94. The van der Waals surface area contributed by atoms with Gasteiger partial charge in [-0.3, -0.25) is 15.1 Å². The molecule has 3 rings (SSSR count). The Balaban J connectivity index is 2.00. The quantitative estimate of drug-likeness (QED) is 0.784. The van der Waals surface area contributed by atoms with Crippen molar-refractivity contribution in [1.29, 1.82) is 0 Å². The van der Waals surface area contributed by atoms with E-state index >= 15 is 0 Å². The van der Waals surface area contributed by atoms with Gasteiger partial charge in [0.15, 0.2) is 11.6 Å². The summed E-state index contributed by atoms with van der Waals surface area (Å²) in [7, 11) is 0. The average molecular weight is 303 g/mol. The van der Waals surface area contributed by atoms with E-state index in [1.54, 1.807) is 31.0 Å². The zero-order valence-corrected chi connectivity index (χ0v) is 10.7. The zero-order chi connectivity index (χ0) is 12.4. The fraction of sp³-hybridized carbons (Fsp3) is 0. The number of pyridine rings is 1. The minimum atomic E-state index is 0.574. The van der Waals surface area contributed by atoms with Crippen molar-refractivity contribution in [3.05, 3.63) is 41.5 Å². The predicted molar refractivity (Wildman–Crippen MR) is 68.3 cm³/mol. The van der Waals surface area contributed by atoms with Gasteiger partial charge in [-0.15, -0.1) is 0 Å². The summed E-state index contributed by atoms with van der Waals surface area (Å²) in [6, 6.07) is 1.90. The van der Waals surface area contributed by atoms with Gasteiger partial charge in [0.05, 0.1) is 6.20 Å². The average Bonchev–Trinajstić information content (AvgIpc) is 2.89. The molecular formula is C11H7BrN6. The molecule has 0 atom stereocenters. The van der Waals surface area contributed by atoms with Crippen molar-refractivity contribution >= 4 is 15.9 Å². The number of rotatable bonds is 2. The highest BCUT2D eigenvalue weighted by Crippen LogP contribution is 2.20. The van der Waals surface area contributed by atoms with Crippen LogP contribution < -0.4 is 0 Å². The van der Waals surface area contributed by atoms with Gasteiger partial charge in [-0.1, -0.05) is 0 Å². The molecule has 0 amide bonds. The second-order valence-corrected chi connectivity index (χ2v) is 4.41. The smallest absolute Gasteiger partial charge is 0.183 e. The molecule has 6 nitrogen and oxygen atoms in total. The van der Waals surface area contributed by atoms with Gasteiger partial charge >= 0.3 is 0 Å². The minimum absolute atomic E-state index is 0.574. The van der Waals surface area contributed by atoms with E-state index in [0.29, 0.717) is 17.3 Å². The van der Waals surface area contributed by atoms with Gasteiger partial charge in [-0.2, -0.15) is 5.10 Å². The van der Waals surface area contributed by atoms with Crippen molar-refractivity contribution in [3.8, 4) is 22.9 Å². The molecule has 18 heavy (non-hydrogen) atoms. The second-order valence-electron chi connectivity index (χ2n) is 3.49. The number of H-pyrrole nitrogens is 1. The van der Waals surface area contributed by atoms with Crippen LogP contribution in [0.1, 0.15) is 0 Å². The van der Waals surface area contributed by atoms with E-state index in [4.69, 9.17) is 0 Å². The molecule has 0 aliphatic rings. The number of hydrogen-bond donors (Lipinski definition) is 1. The van der Waals surface area contributed by atoms with Gasteiger partial charge in [0, 0.05) is 34.8 Å². The zero-order valence-electron chi connectivity index (χ0n) is 9.08. The number of hydrogen-bond acceptors (Lipinski definition) is 5. The van der Waals surface area contributed by atoms with E-state index in [1.807, 2.05) is 6.07 Å². The van der Waals surface area contributed by atoms with Crippen LogP contribution in [0.15, 0.2) is 41.5 Å². The van der Waals surface area contributed by atoms with Gasteiger partial charge < -0.3 is 0 Å². The van der Waals surface area contributed by atoms with E-state index in [1.165, 1.54) is 0 Å². The van der Waals surface area contributed by atoms with Gasteiger partial charge in [-0.05, 0) is 22.0 Å². The lowest BCUT2D eigenvalue weighted by Crippen LogP contribution is -1.86. The third-order valence-corrected chi connectivity index (χ3v) is 2.69. The van der Waals surface area contributed by atoms with E-state index in [-0.39, 0.29) is 0 Å². The van der Waals surface area contributed by atoms with Crippen LogP contribution in [0.2, 0.25) is 0 Å². The molecule has 0 unspecified atom stereocenters. The van der Waals surface area contributed by atoms with Crippen molar-refractivity contribution in [2.75, 3.05) is 0 Å².